The molecule has 1 aliphatic rings. The summed E-state index contributed by atoms with van der Waals surface area (Å²) in [5.74, 6) is -1.06. The number of hydrogen-bond acceptors (Lipinski definition) is 3. The van der Waals surface area contributed by atoms with Crippen molar-refractivity contribution in [2.75, 3.05) is 18.0 Å². The SMILES string of the molecule is CC(C)CC1CN(C(=O)CC(=O)O)C[C@@H](c2ccc(Cl)cc2)N1c1ccc(Cl)cc1. The van der Waals surface area contributed by atoms with Crippen LogP contribution in [0, 0.1) is 5.92 Å². The van der Waals surface area contributed by atoms with Crippen LogP contribution in [-0.2, 0) is 9.59 Å². The highest BCUT2D eigenvalue weighted by molar-refractivity contribution is 6.30. The van der Waals surface area contributed by atoms with Gasteiger partial charge in [-0.1, -0.05) is 49.2 Å². The van der Waals surface area contributed by atoms with Gasteiger partial charge in [-0.3, -0.25) is 9.59 Å². The number of piperazine rings is 1. The third kappa shape index (κ3) is 5.46. The maximum Gasteiger partial charge on any atom is 0.312 e. The Balaban J connectivity index is 2.03. The maximum atomic E-state index is 12.6. The lowest BCUT2D eigenvalue weighted by atomic mass is 9.92. The summed E-state index contributed by atoms with van der Waals surface area (Å²) in [6.45, 7) is 5.19. The van der Waals surface area contributed by atoms with E-state index >= 15 is 0 Å². The summed E-state index contributed by atoms with van der Waals surface area (Å²) in [5, 5.41) is 10.4. The van der Waals surface area contributed by atoms with Gasteiger partial charge in [0, 0.05) is 34.9 Å². The van der Waals surface area contributed by atoms with Gasteiger partial charge >= 0.3 is 5.97 Å². The molecule has 0 aliphatic carbocycles. The number of carbonyl (C=O) groups excluding carboxylic acids is 1. The summed E-state index contributed by atoms with van der Waals surface area (Å²) in [4.78, 5) is 27.8. The molecule has 0 spiro atoms. The molecule has 1 unspecified atom stereocenters. The summed E-state index contributed by atoms with van der Waals surface area (Å²) in [6, 6.07) is 15.2. The first-order valence-electron chi connectivity index (χ1n) is 10.0. The highest BCUT2D eigenvalue weighted by atomic mass is 35.5. The second-order valence-corrected chi connectivity index (χ2v) is 8.98. The van der Waals surface area contributed by atoms with Crippen molar-refractivity contribution in [3.05, 3.63) is 64.1 Å². The van der Waals surface area contributed by atoms with Crippen LogP contribution in [0.2, 0.25) is 10.0 Å². The molecule has 2 aromatic rings. The van der Waals surface area contributed by atoms with Gasteiger partial charge in [0.15, 0.2) is 0 Å². The van der Waals surface area contributed by atoms with Gasteiger partial charge in [0.1, 0.15) is 6.42 Å². The quantitative estimate of drug-likeness (QED) is 0.611. The molecule has 2 aromatic carbocycles. The summed E-state index contributed by atoms with van der Waals surface area (Å²) in [6.07, 6.45) is 0.367. The monoisotopic (exact) mass is 448 g/mol. The smallest absolute Gasteiger partial charge is 0.312 e. The zero-order valence-electron chi connectivity index (χ0n) is 17.1. The number of carboxylic acids is 1. The lowest BCUT2D eigenvalue weighted by Gasteiger charge is -2.49. The zero-order valence-corrected chi connectivity index (χ0v) is 18.6. The fraction of sp³-hybridized carbons (Fsp3) is 0.391. The second kappa shape index (κ2) is 9.71. The number of carboxylic acid groups (broad SMARTS) is 1. The number of anilines is 1. The van der Waals surface area contributed by atoms with Crippen LogP contribution in [0.15, 0.2) is 48.5 Å². The predicted octanol–water partition coefficient (Wildman–Crippen LogP) is 5.27. The molecule has 1 N–H and O–H groups in total. The molecule has 3 rings (SSSR count). The minimum atomic E-state index is -1.11. The van der Waals surface area contributed by atoms with Gasteiger partial charge in [-0.15, -0.1) is 0 Å². The van der Waals surface area contributed by atoms with Gasteiger partial charge in [0.25, 0.3) is 0 Å². The van der Waals surface area contributed by atoms with Gasteiger partial charge < -0.3 is 14.9 Å². The van der Waals surface area contributed by atoms with E-state index in [1.807, 2.05) is 48.5 Å². The average molecular weight is 449 g/mol. The van der Waals surface area contributed by atoms with Crippen molar-refractivity contribution < 1.29 is 14.7 Å². The molecule has 1 saturated heterocycles. The summed E-state index contributed by atoms with van der Waals surface area (Å²) >= 11 is 12.2. The Labute approximate surface area is 187 Å². The van der Waals surface area contributed by atoms with Crippen LogP contribution in [0.3, 0.4) is 0 Å². The normalized spacial score (nSPS) is 19.2. The van der Waals surface area contributed by atoms with Crippen LogP contribution in [0.5, 0.6) is 0 Å². The Morgan fingerprint density at radius 2 is 1.57 bits per heavy atom. The highest BCUT2D eigenvalue weighted by Gasteiger charge is 2.37. The van der Waals surface area contributed by atoms with Crippen molar-refractivity contribution in [2.24, 2.45) is 5.92 Å². The first kappa shape index (κ1) is 22.4. The van der Waals surface area contributed by atoms with Crippen LogP contribution < -0.4 is 4.90 Å². The molecule has 2 atom stereocenters. The number of benzene rings is 2. The average Bonchev–Trinajstić information content (AvgIpc) is 2.68. The van der Waals surface area contributed by atoms with Crippen LogP contribution in [0.1, 0.15) is 38.3 Å². The van der Waals surface area contributed by atoms with E-state index in [-0.39, 0.29) is 18.0 Å². The minimum Gasteiger partial charge on any atom is -0.481 e. The van der Waals surface area contributed by atoms with Crippen molar-refractivity contribution in [1.29, 1.82) is 0 Å². The standard InChI is InChI=1S/C23H26Cl2N2O3/c1-15(2)11-20-13-26(22(28)12-23(29)30)14-21(16-3-5-17(24)6-4-16)27(20)19-9-7-18(25)8-10-19/h3-10,15,20-21H,11-14H2,1-2H3,(H,29,30)/t20?,21-/m0/s1. The molecule has 1 aliphatic heterocycles. The lowest BCUT2D eigenvalue weighted by Crippen LogP contribution is -2.57. The van der Waals surface area contributed by atoms with Crippen molar-refractivity contribution in [3.63, 3.8) is 0 Å². The third-order valence-electron chi connectivity index (χ3n) is 5.33. The second-order valence-electron chi connectivity index (χ2n) is 8.10. The van der Waals surface area contributed by atoms with E-state index in [9.17, 15) is 9.59 Å². The molecule has 1 fully saturated rings. The highest BCUT2D eigenvalue weighted by Crippen LogP contribution is 2.37. The Morgan fingerprint density at radius 1 is 1.00 bits per heavy atom. The molecule has 0 bridgehead atoms. The van der Waals surface area contributed by atoms with Crippen molar-refractivity contribution in [2.45, 2.75) is 38.8 Å². The van der Waals surface area contributed by atoms with Crippen LogP contribution in [-0.4, -0.2) is 41.0 Å². The maximum absolute atomic E-state index is 12.6. The molecule has 7 heteroatoms. The number of hydrogen-bond donors (Lipinski definition) is 1. The van der Waals surface area contributed by atoms with E-state index in [0.717, 1.165) is 17.7 Å². The van der Waals surface area contributed by atoms with Crippen molar-refractivity contribution in [3.8, 4) is 0 Å². The van der Waals surface area contributed by atoms with Gasteiger partial charge in [0.05, 0.1) is 6.04 Å². The number of carbonyl (C=O) groups is 2. The Kier molecular flexibility index (Phi) is 7.27. The number of aliphatic carboxylic acids is 1. The molecule has 0 aromatic heterocycles. The lowest BCUT2D eigenvalue weighted by molar-refractivity contribution is -0.144. The number of amides is 1. The third-order valence-corrected chi connectivity index (χ3v) is 5.84. The number of rotatable bonds is 6. The fourth-order valence-corrected chi connectivity index (χ4v) is 4.35. The molecule has 30 heavy (non-hydrogen) atoms. The summed E-state index contributed by atoms with van der Waals surface area (Å²) < 4.78 is 0. The van der Waals surface area contributed by atoms with Gasteiger partial charge in [-0.2, -0.15) is 0 Å². The zero-order chi connectivity index (χ0) is 21.8. The van der Waals surface area contributed by atoms with E-state index in [1.54, 1.807) is 4.90 Å². The van der Waals surface area contributed by atoms with E-state index < -0.39 is 12.4 Å². The molecule has 1 amide bonds. The Hall–Kier alpha value is -2.24. The first-order valence-corrected chi connectivity index (χ1v) is 10.8. The van der Waals surface area contributed by atoms with Crippen molar-refractivity contribution >= 4 is 40.8 Å². The van der Waals surface area contributed by atoms with E-state index in [2.05, 4.69) is 18.7 Å². The molecular formula is C23H26Cl2N2O3. The van der Waals surface area contributed by atoms with E-state index in [4.69, 9.17) is 28.3 Å². The molecule has 0 radical (unpaired) electrons. The predicted molar refractivity (Wildman–Crippen MR) is 120 cm³/mol. The summed E-state index contributed by atoms with van der Waals surface area (Å²) in [7, 11) is 0. The van der Waals surface area contributed by atoms with Crippen LogP contribution >= 0.6 is 23.2 Å². The van der Waals surface area contributed by atoms with Gasteiger partial charge in [-0.25, -0.2) is 0 Å². The minimum absolute atomic E-state index is 0.0401. The first-order chi connectivity index (χ1) is 14.2. The molecule has 160 valence electrons. The topological polar surface area (TPSA) is 60.9 Å². The van der Waals surface area contributed by atoms with E-state index in [1.165, 1.54) is 0 Å². The van der Waals surface area contributed by atoms with Gasteiger partial charge in [0.2, 0.25) is 5.91 Å². The van der Waals surface area contributed by atoms with E-state index in [0.29, 0.717) is 29.1 Å². The molecule has 5 nitrogen and oxygen atoms in total. The molecule has 0 saturated carbocycles. The van der Waals surface area contributed by atoms with Crippen LogP contribution in [0.25, 0.3) is 0 Å². The Morgan fingerprint density at radius 3 is 2.10 bits per heavy atom. The largest absolute Gasteiger partial charge is 0.481 e. The van der Waals surface area contributed by atoms with Crippen LogP contribution in [0.4, 0.5) is 5.69 Å². The summed E-state index contributed by atoms with van der Waals surface area (Å²) in [5.41, 5.74) is 2.05. The molecular weight excluding hydrogens is 423 g/mol. The Bertz CT molecular complexity index is 884. The number of halogens is 2. The number of nitrogens with zero attached hydrogens (tertiary/aromatic N) is 2. The van der Waals surface area contributed by atoms with Crippen molar-refractivity contribution in [1.82, 2.24) is 4.90 Å². The fourth-order valence-electron chi connectivity index (χ4n) is 4.10. The van der Waals surface area contributed by atoms with Gasteiger partial charge in [-0.05, 0) is 54.3 Å². The molecule has 1 heterocycles.